The summed E-state index contributed by atoms with van der Waals surface area (Å²) >= 11 is 0. The molecule has 0 spiro atoms. The van der Waals surface area contributed by atoms with Gasteiger partial charge < -0.3 is 20.3 Å². The number of aliphatic hydroxyl groups excluding tert-OH is 2. The van der Waals surface area contributed by atoms with Crippen molar-refractivity contribution in [3.8, 4) is 0 Å². The number of aliphatic hydroxyl groups is 2. The van der Waals surface area contributed by atoms with Crippen LogP contribution in [-0.4, -0.2) is 46.9 Å². The molecule has 0 heterocycles. The summed E-state index contributed by atoms with van der Waals surface area (Å²) in [5, 5.41) is 23.7. The van der Waals surface area contributed by atoms with Crippen molar-refractivity contribution >= 4 is 11.9 Å². The highest BCUT2D eigenvalue weighted by Crippen LogP contribution is 2.18. The van der Waals surface area contributed by atoms with Gasteiger partial charge in [0.1, 0.15) is 6.10 Å². The van der Waals surface area contributed by atoms with E-state index in [0.717, 1.165) is 51.4 Å². The van der Waals surface area contributed by atoms with E-state index in [-0.39, 0.29) is 24.9 Å². The number of carbonyl (C=O) groups excluding carboxylic acids is 2. The lowest BCUT2D eigenvalue weighted by Crippen LogP contribution is -2.46. The van der Waals surface area contributed by atoms with Crippen molar-refractivity contribution in [2.45, 2.75) is 296 Å². The van der Waals surface area contributed by atoms with Crippen LogP contribution in [0.3, 0.4) is 0 Å². The van der Waals surface area contributed by atoms with E-state index >= 15 is 0 Å². The van der Waals surface area contributed by atoms with Crippen molar-refractivity contribution in [2.24, 2.45) is 0 Å². The Kier molecular flexibility index (Phi) is 44.6. The molecule has 0 aliphatic rings. The number of esters is 1. The molecule has 0 aromatic rings. The largest absolute Gasteiger partial charge is 0.462 e. The molecule has 0 aliphatic heterocycles. The van der Waals surface area contributed by atoms with E-state index in [9.17, 15) is 19.8 Å². The third-order valence-corrected chi connectivity index (χ3v) is 11.8. The lowest BCUT2D eigenvalue weighted by molar-refractivity contribution is -0.151. The van der Waals surface area contributed by atoms with Gasteiger partial charge in [0.15, 0.2) is 0 Å². The average molecular weight is 806 g/mol. The summed E-state index contributed by atoms with van der Waals surface area (Å²) in [4.78, 5) is 26.1. The molecule has 6 heteroatoms. The molecule has 0 rings (SSSR count). The topological polar surface area (TPSA) is 95.9 Å². The van der Waals surface area contributed by atoms with E-state index in [1.165, 1.54) is 180 Å². The second kappa shape index (κ2) is 45.7. The molecule has 0 saturated heterocycles. The Balaban J connectivity index is 4.57. The summed E-state index contributed by atoms with van der Waals surface area (Å²) in [6.07, 6.45) is 49.8. The number of ether oxygens (including phenoxy) is 1. The molecule has 57 heavy (non-hydrogen) atoms. The molecule has 338 valence electrons. The van der Waals surface area contributed by atoms with Crippen LogP contribution in [-0.2, 0) is 14.3 Å². The minimum atomic E-state index is -0.782. The van der Waals surface area contributed by atoms with E-state index in [4.69, 9.17) is 4.74 Å². The van der Waals surface area contributed by atoms with Crippen LogP contribution in [0.4, 0.5) is 0 Å². The molecule has 0 fully saturated rings. The zero-order chi connectivity index (χ0) is 41.7. The molecule has 0 aromatic heterocycles. The first-order chi connectivity index (χ1) is 28.0. The standard InChI is InChI=1S/C51H99NO5/c1-4-7-10-13-16-19-22-24-26-28-30-33-36-39-42-47(57-51(56)44-41-38-35-32-29-27-25-23-20-17-14-11-8-5-2)45-50(55)52-48(46-53)49(54)43-40-37-34-31-21-18-15-12-9-6-3/h27,29,47-49,53-54H,4-26,28,30-46H2,1-3H3,(H,52,55)/b29-27-. The van der Waals surface area contributed by atoms with Gasteiger partial charge in [0.2, 0.25) is 5.91 Å². The van der Waals surface area contributed by atoms with Gasteiger partial charge in [0, 0.05) is 6.42 Å². The SMILES string of the molecule is CCCCCCCCC/C=C\CCCCCC(=O)OC(CCCCCCCCCCCCCCCC)CC(=O)NC(CO)C(O)CCCCCCCCCCCC. The van der Waals surface area contributed by atoms with Crippen molar-refractivity contribution in [2.75, 3.05) is 6.61 Å². The smallest absolute Gasteiger partial charge is 0.306 e. The van der Waals surface area contributed by atoms with Crippen LogP contribution >= 0.6 is 0 Å². The van der Waals surface area contributed by atoms with Crippen molar-refractivity contribution in [1.82, 2.24) is 5.32 Å². The summed E-state index contributed by atoms with van der Waals surface area (Å²) < 4.78 is 5.92. The highest BCUT2D eigenvalue weighted by atomic mass is 16.5. The number of rotatable bonds is 46. The molecule has 0 saturated carbocycles. The summed E-state index contributed by atoms with van der Waals surface area (Å²) in [5.41, 5.74) is 0. The van der Waals surface area contributed by atoms with Gasteiger partial charge in [-0.2, -0.15) is 0 Å². The molecule has 6 nitrogen and oxygen atoms in total. The second-order valence-corrected chi connectivity index (χ2v) is 17.6. The predicted molar refractivity (Wildman–Crippen MR) is 246 cm³/mol. The molecule has 1 amide bonds. The van der Waals surface area contributed by atoms with Crippen LogP contribution in [0.25, 0.3) is 0 Å². The summed E-state index contributed by atoms with van der Waals surface area (Å²) in [5.74, 6) is -0.477. The molecule has 0 radical (unpaired) electrons. The Morgan fingerprint density at radius 3 is 1.25 bits per heavy atom. The van der Waals surface area contributed by atoms with E-state index in [1.807, 2.05) is 0 Å². The van der Waals surface area contributed by atoms with E-state index in [2.05, 4.69) is 38.2 Å². The normalized spacial score (nSPS) is 13.3. The van der Waals surface area contributed by atoms with Crippen LogP contribution in [0.15, 0.2) is 12.2 Å². The van der Waals surface area contributed by atoms with Crippen molar-refractivity contribution in [3.05, 3.63) is 12.2 Å². The predicted octanol–water partition coefficient (Wildman–Crippen LogP) is 15.0. The average Bonchev–Trinajstić information content (AvgIpc) is 3.20. The minimum Gasteiger partial charge on any atom is -0.462 e. The first-order valence-electron chi connectivity index (χ1n) is 25.4. The van der Waals surface area contributed by atoms with Gasteiger partial charge in [-0.3, -0.25) is 9.59 Å². The molecule has 0 bridgehead atoms. The van der Waals surface area contributed by atoms with Gasteiger partial charge in [-0.15, -0.1) is 0 Å². The van der Waals surface area contributed by atoms with Crippen molar-refractivity contribution < 1.29 is 24.5 Å². The number of carbonyl (C=O) groups is 2. The van der Waals surface area contributed by atoms with Crippen molar-refractivity contribution in [3.63, 3.8) is 0 Å². The fourth-order valence-electron chi connectivity index (χ4n) is 7.96. The third-order valence-electron chi connectivity index (χ3n) is 11.8. The third kappa shape index (κ3) is 41.1. The van der Waals surface area contributed by atoms with E-state index in [1.54, 1.807) is 0 Å². The van der Waals surface area contributed by atoms with Crippen LogP contribution < -0.4 is 5.32 Å². The first kappa shape index (κ1) is 55.6. The van der Waals surface area contributed by atoms with E-state index < -0.39 is 18.2 Å². The minimum absolute atomic E-state index is 0.0786. The quantitative estimate of drug-likeness (QED) is 0.0323. The number of allylic oxidation sites excluding steroid dienone is 2. The van der Waals surface area contributed by atoms with Crippen LogP contribution in [0.5, 0.6) is 0 Å². The molecular weight excluding hydrogens is 707 g/mol. The van der Waals surface area contributed by atoms with Gasteiger partial charge in [-0.1, -0.05) is 226 Å². The fraction of sp³-hybridized carbons (Fsp3) is 0.922. The number of amides is 1. The van der Waals surface area contributed by atoms with Crippen LogP contribution in [0.2, 0.25) is 0 Å². The molecule has 0 aliphatic carbocycles. The maximum absolute atomic E-state index is 13.2. The van der Waals surface area contributed by atoms with Gasteiger partial charge in [0.05, 0.1) is 25.2 Å². The summed E-state index contributed by atoms with van der Waals surface area (Å²) in [7, 11) is 0. The van der Waals surface area contributed by atoms with Gasteiger partial charge >= 0.3 is 5.97 Å². The summed E-state index contributed by atoms with van der Waals surface area (Å²) in [6.45, 7) is 6.48. The Bertz CT molecular complexity index is 863. The lowest BCUT2D eigenvalue weighted by Gasteiger charge is -2.24. The van der Waals surface area contributed by atoms with Crippen LogP contribution in [0, 0.1) is 0 Å². The lowest BCUT2D eigenvalue weighted by atomic mass is 10.0. The van der Waals surface area contributed by atoms with Gasteiger partial charge in [-0.25, -0.2) is 0 Å². The van der Waals surface area contributed by atoms with Gasteiger partial charge in [0.25, 0.3) is 0 Å². The zero-order valence-corrected chi connectivity index (χ0v) is 38.5. The Labute approximate surface area is 355 Å². The maximum atomic E-state index is 13.2. The number of hydrogen-bond donors (Lipinski definition) is 3. The molecule has 0 aromatic carbocycles. The number of unbranched alkanes of at least 4 members (excludes halogenated alkanes) is 32. The molecule has 3 N–H and O–H groups in total. The molecule has 3 atom stereocenters. The van der Waals surface area contributed by atoms with Crippen LogP contribution in [0.1, 0.15) is 278 Å². The zero-order valence-electron chi connectivity index (χ0n) is 38.5. The Morgan fingerprint density at radius 1 is 0.491 bits per heavy atom. The Hall–Kier alpha value is -1.40. The number of nitrogens with one attached hydrogen (secondary N) is 1. The molecule has 3 unspecified atom stereocenters. The highest BCUT2D eigenvalue weighted by molar-refractivity contribution is 5.77. The monoisotopic (exact) mass is 806 g/mol. The van der Waals surface area contributed by atoms with E-state index in [0.29, 0.717) is 19.3 Å². The Morgan fingerprint density at radius 2 is 0.842 bits per heavy atom. The second-order valence-electron chi connectivity index (χ2n) is 17.6. The first-order valence-corrected chi connectivity index (χ1v) is 25.4. The van der Waals surface area contributed by atoms with Gasteiger partial charge in [-0.05, 0) is 51.4 Å². The highest BCUT2D eigenvalue weighted by Gasteiger charge is 2.24. The van der Waals surface area contributed by atoms with Crippen molar-refractivity contribution in [1.29, 1.82) is 0 Å². The summed E-state index contributed by atoms with van der Waals surface area (Å²) in [6, 6.07) is -0.696. The molecular formula is C51H99NO5. The number of hydrogen-bond acceptors (Lipinski definition) is 5. The maximum Gasteiger partial charge on any atom is 0.306 e. The fourth-order valence-corrected chi connectivity index (χ4v) is 7.96.